The lowest BCUT2D eigenvalue weighted by atomic mass is 9.75. The first-order valence-electron chi connectivity index (χ1n) is 11.0. The van der Waals surface area contributed by atoms with Gasteiger partial charge in [0.2, 0.25) is 5.69 Å². The molecule has 0 saturated carbocycles. The van der Waals surface area contributed by atoms with E-state index in [-0.39, 0.29) is 12.3 Å². The monoisotopic (exact) mass is 412 g/mol. The number of hydrogen-bond acceptors (Lipinski definition) is 4. The van der Waals surface area contributed by atoms with Crippen LogP contribution in [-0.2, 0) is 24.4 Å². The Balaban J connectivity index is 2.04. The van der Waals surface area contributed by atoms with Crippen LogP contribution in [0.3, 0.4) is 0 Å². The van der Waals surface area contributed by atoms with Gasteiger partial charge in [-0.05, 0) is 44.5 Å². The summed E-state index contributed by atoms with van der Waals surface area (Å²) in [6, 6.07) is 12.7. The van der Waals surface area contributed by atoms with Crippen molar-refractivity contribution in [3.63, 3.8) is 0 Å². The van der Waals surface area contributed by atoms with Crippen molar-refractivity contribution >= 4 is 28.1 Å². The molecule has 30 heavy (non-hydrogen) atoms. The minimum absolute atomic E-state index is 0.165. The van der Waals surface area contributed by atoms with Gasteiger partial charge in [-0.15, -0.1) is 0 Å². The van der Waals surface area contributed by atoms with Crippen LogP contribution in [0.15, 0.2) is 36.4 Å². The topological polar surface area (TPSA) is 47.8 Å². The van der Waals surface area contributed by atoms with Gasteiger partial charge in [-0.3, -0.25) is 4.79 Å². The van der Waals surface area contributed by atoms with Gasteiger partial charge in [0.05, 0.1) is 24.9 Å². The van der Waals surface area contributed by atoms with Crippen molar-refractivity contribution in [3.8, 4) is 0 Å². The van der Waals surface area contributed by atoms with Crippen LogP contribution in [0.1, 0.15) is 53.0 Å². The Hall–Kier alpha value is -2.24. The molecule has 0 N–H and O–H groups in total. The fraction of sp³-hybridized carbons (Fsp3) is 0.520. The molecular formula is C25H34NO4+. The average molecular weight is 413 g/mol. The van der Waals surface area contributed by atoms with E-state index in [4.69, 9.17) is 14.2 Å². The van der Waals surface area contributed by atoms with Gasteiger partial charge in [0, 0.05) is 31.8 Å². The van der Waals surface area contributed by atoms with Crippen molar-refractivity contribution < 1.29 is 23.6 Å². The van der Waals surface area contributed by atoms with E-state index in [0.717, 1.165) is 24.4 Å². The highest BCUT2D eigenvalue weighted by Gasteiger charge is 2.49. The van der Waals surface area contributed by atoms with Gasteiger partial charge >= 0.3 is 5.97 Å². The summed E-state index contributed by atoms with van der Waals surface area (Å²) in [4.78, 5) is 12.5. The molecule has 0 amide bonds. The Morgan fingerprint density at radius 2 is 1.73 bits per heavy atom. The molecule has 0 aliphatic carbocycles. The largest absolute Gasteiger partial charge is 0.466 e. The molecular weight excluding hydrogens is 378 g/mol. The zero-order valence-corrected chi connectivity index (χ0v) is 18.9. The highest BCUT2D eigenvalue weighted by atomic mass is 16.7. The van der Waals surface area contributed by atoms with E-state index in [1.165, 1.54) is 16.3 Å². The summed E-state index contributed by atoms with van der Waals surface area (Å²) >= 11 is 0. The van der Waals surface area contributed by atoms with Crippen molar-refractivity contribution in [2.45, 2.75) is 59.2 Å². The SMILES string of the molecule is CCOC(=O)CC1(C)C(C)=[N+](CCC(OCC)OCC)c2ccc3ccccc3c21. The number of ether oxygens (including phenoxy) is 3. The Morgan fingerprint density at radius 3 is 2.40 bits per heavy atom. The first-order valence-corrected chi connectivity index (χ1v) is 11.0. The predicted molar refractivity (Wildman–Crippen MR) is 120 cm³/mol. The lowest BCUT2D eigenvalue weighted by Gasteiger charge is -2.22. The molecule has 3 rings (SSSR count). The molecule has 0 saturated heterocycles. The fourth-order valence-corrected chi connectivity index (χ4v) is 4.55. The number of benzene rings is 2. The summed E-state index contributed by atoms with van der Waals surface area (Å²) in [7, 11) is 0. The summed E-state index contributed by atoms with van der Waals surface area (Å²) in [5.41, 5.74) is 3.10. The molecule has 1 atom stereocenters. The summed E-state index contributed by atoms with van der Waals surface area (Å²) < 4.78 is 19.2. The first kappa shape index (κ1) is 22.4. The summed E-state index contributed by atoms with van der Waals surface area (Å²) in [6.07, 6.45) is 0.847. The summed E-state index contributed by atoms with van der Waals surface area (Å²) in [6.45, 7) is 12.5. The van der Waals surface area contributed by atoms with Crippen LogP contribution in [0.25, 0.3) is 10.8 Å². The molecule has 0 aromatic heterocycles. The molecule has 0 radical (unpaired) electrons. The third-order valence-electron chi connectivity index (χ3n) is 6.05. The molecule has 1 aliphatic heterocycles. The second-order valence-corrected chi connectivity index (χ2v) is 7.86. The van der Waals surface area contributed by atoms with Crippen molar-refractivity contribution in [1.82, 2.24) is 0 Å². The number of carbonyl (C=O) groups is 1. The van der Waals surface area contributed by atoms with E-state index < -0.39 is 5.41 Å². The van der Waals surface area contributed by atoms with Crippen LogP contribution in [0.2, 0.25) is 0 Å². The highest BCUT2D eigenvalue weighted by Crippen LogP contribution is 2.46. The second-order valence-electron chi connectivity index (χ2n) is 7.86. The molecule has 1 aliphatic rings. The minimum atomic E-state index is -0.421. The first-order chi connectivity index (χ1) is 14.5. The van der Waals surface area contributed by atoms with E-state index in [2.05, 4.69) is 54.8 Å². The van der Waals surface area contributed by atoms with Gasteiger partial charge in [0.15, 0.2) is 18.5 Å². The van der Waals surface area contributed by atoms with Crippen molar-refractivity contribution in [1.29, 1.82) is 0 Å². The minimum Gasteiger partial charge on any atom is -0.466 e. The molecule has 162 valence electrons. The number of nitrogens with zero attached hydrogens (tertiary/aromatic N) is 1. The zero-order valence-electron chi connectivity index (χ0n) is 18.9. The van der Waals surface area contributed by atoms with E-state index in [0.29, 0.717) is 26.2 Å². The number of rotatable bonds is 10. The second kappa shape index (κ2) is 9.71. The Bertz CT molecular complexity index is 930. The molecule has 1 heterocycles. The van der Waals surface area contributed by atoms with Crippen LogP contribution in [0, 0.1) is 0 Å². The van der Waals surface area contributed by atoms with E-state index in [9.17, 15) is 4.79 Å². The Kier molecular flexibility index (Phi) is 7.27. The van der Waals surface area contributed by atoms with Crippen LogP contribution in [0.4, 0.5) is 5.69 Å². The van der Waals surface area contributed by atoms with E-state index in [1.807, 2.05) is 20.8 Å². The Labute approximate surface area is 179 Å². The number of hydrogen-bond donors (Lipinski definition) is 0. The maximum absolute atomic E-state index is 12.5. The maximum atomic E-state index is 12.5. The third kappa shape index (κ3) is 4.28. The number of esters is 1. The molecule has 0 fully saturated rings. The molecule has 0 spiro atoms. The summed E-state index contributed by atoms with van der Waals surface area (Å²) in [5.74, 6) is -0.165. The molecule has 1 unspecified atom stereocenters. The van der Waals surface area contributed by atoms with Crippen LogP contribution in [0.5, 0.6) is 0 Å². The van der Waals surface area contributed by atoms with Gasteiger partial charge in [-0.25, -0.2) is 0 Å². The van der Waals surface area contributed by atoms with Crippen molar-refractivity contribution in [3.05, 3.63) is 42.0 Å². The average Bonchev–Trinajstić information content (AvgIpc) is 2.93. The van der Waals surface area contributed by atoms with Gasteiger partial charge < -0.3 is 14.2 Å². The van der Waals surface area contributed by atoms with Crippen molar-refractivity contribution in [2.24, 2.45) is 0 Å². The molecule has 5 heteroatoms. The molecule has 5 nitrogen and oxygen atoms in total. The van der Waals surface area contributed by atoms with Gasteiger partial charge in [0.25, 0.3) is 0 Å². The Morgan fingerprint density at radius 1 is 1.03 bits per heavy atom. The van der Waals surface area contributed by atoms with Gasteiger partial charge in [0.1, 0.15) is 0 Å². The van der Waals surface area contributed by atoms with Gasteiger partial charge in [-0.2, -0.15) is 4.58 Å². The van der Waals surface area contributed by atoms with Crippen LogP contribution in [-0.4, -0.2) is 48.9 Å². The van der Waals surface area contributed by atoms with Crippen molar-refractivity contribution in [2.75, 3.05) is 26.4 Å². The van der Waals surface area contributed by atoms with E-state index >= 15 is 0 Å². The summed E-state index contributed by atoms with van der Waals surface area (Å²) in [5, 5.41) is 2.37. The normalized spacial score (nSPS) is 18.3. The highest BCUT2D eigenvalue weighted by molar-refractivity contribution is 6.03. The fourth-order valence-electron chi connectivity index (χ4n) is 4.55. The third-order valence-corrected chi connectivity index (χ3v) is 6.05. The smallest absolute Gasteiger partial charge is 0.307 e. The van der Waals surface area contributed by atoms with Gasteiger partial charge in [-0.1, -0.05) is 24.3 Å². The van der Waals surface area contributed by atoms with E-state index in [1.54, 1.807) is 0 Å². The van der Waals surface area contributed by atoms with Crippen LogP contribution < -0.4 is 0 Å². The molecule has 0 bridgehead atoms. The maximum Gasteiger partial charge on any atom is 0.307 e. The quantitative estimate of drug-likeness (QED) is 0.314. The molecule has 2 aromatic rings. The lowest BCUT2D eigenvalue weighted by Crippen LogP contribution is -2.34. The lowest BCUT2D eigenvalue weighted by molar-refractivity contribution is -0.444. The number of carbonyl (C=O) groups excluding carboxylic acids is 1. The standard InChI is InChI=1S/C25H34NO4/c1-6-28-22(27)17-25(5)18(4)26(16-15-23(29-7-2)30-8-3)21-14-13-19-11-9-10-12-20(19)24(21)25/h9-14,23H,6-8,15-17H2,1-5H3/q+1. The number of fused-ring (bicyclic) bond motifs is 3. The predicted octanol–water partition coefficient (Wildman–Crippen LogP) is 4.96. The molecule has 2 aromatic carbocycles. The van der Waals surface area contributed by atoms with Crippen LogP contribution >= 0.6 is 0 Å². The zero-order chi connectivity index (χ0) is 21.7.